The molecule has 0 fully saturated rings. The average molecular weight is 349 g/mol. The molecule has 2 heterocycles. The zero-order chi connectivity index (χ0) is 18.4. The summed E-state index contributed by atoms with van der Waals surface area (Å²) >= 11 is 0. The van der Waals surface area contributed by atoms with E-state index in [1.807, 2.05) is 24.3 Å². The average Bonchev–Trinajstić information content (AvgIpc) is 3.08. The Balaban J connectivity index is 1.75. The SMILES string of the molecule is C=C1/C=C\C(c2ccccc2)=C/N(C)c2ccc3c(oc4ccccc43)c21. The maximum absolute atomic E-state index is 6.24. The van der Waals surface area contributed by atoms with Gasteiger partial charge < -0.3 is 9.32 Å². The van der Waals surface area contributed by atoms with Crippen molar-refractivity contribution in [1.82, 2.24) is 0 Å². The maximum Gasteiger partial charge on any atom is 0.145 e. The van der Waals surface area contributed by atoms with Crippen molar-refractivity contribution in [2.24, 2.45) is 0 Å². The number of furan rings is 1. The summed E-state index contributed by atoms with van der Waals surface area (Å²) < 4.78 is 6.24. The lowest BCUT2D eigenvalue weighted by atomic mass is 9.97. The molecule has 3 aromatic carbocycles. The van der Waals surface area contributed by atoms with Gasteiger partial charge in [0, 0.05) is 29.6 Å². The molecule has 5 rings (SSSR count). The van der Waals surface area contributed by atoms with Crippen molar-refractivity contribution < 1.29 is 4.42 Å². The van der Waals surface area contributed by atoms with Crippen LogP contribution in [0.2, 0.25) is 0 Å². The normalized spacial score (nSPS) is 17.3. The molecular formula is C25H19NO. The minimum Gasteiger partial charge on any atom is -0.455 e. The van der Waals surface area contributed by atoms with Gasteiger partial charge in [0.15, 0.2) is 0 Å². The lowest BCUT2D eigenvalue weighted by Gasteiger charge is -2.22. The number of fused-ring (bicyclic) bond motifs is 5. The van der Waals surface area contributed by atoms with Gasteiger partial charge in [0.2, 0.25) is 0 Å². The second kappa shape index (κ2) is 6.03. The maximum atomic E-state index is 6.24. The van der Waals surface area contributed by atoms with E-state index in [1.165, 1.54) is 5.56 Å². The van der Waals surface area contributed by atoms with Gasteiger partial charge in [-0.1, -0.05) is 67.3 Å². The van der Waals surface area contributed by atoms with Crippen molar-refractivity contribution in [2.75, 3.05) is 11.9 Å². The zero-order valence-corrected chi connectivity index (χ0v) is 15.1. The summed E-state index contributed by atoms with van der Waals surface area (Å²) in [7, 11) is 2.07. The summed E-state index contributed by atoms with van der Waals surface area (Å²) in [5.74, 6) is 0. The van der Waals surface area contributed by atoms with Gasteiger partial charge in [0.05, 0.1) is 5.69 Å². The number of rotatable bonds is 1. The fraction of sp³-hybridized carbons (Fsp3) is 0.0400. The summed E-state index contributed by atoms with van der Waals surface area (Å²) in [5.41, 5.74) is 7.21. The first kappa shape index (κ1) is 15.7. The highest BCUT2D eigenvalue weighted by atomic mass is 16.3. The van der Waals surface area contributed by atoms with Crippen LogP contribution in [0.15, 0.2) is 96.1 Å². The van der Waals surface area contributed by atoms with Crippen LogP contribution in [-0.2, 0) is 0 Å². The van der Waals surface area contributed by atoms with E-state index >= 15 is 0 Å². The van der Waals surface area contributed by atoms with E-state index < -0.39 is 0 Å². The van der Waals surface area contributed by atoms with Crippen molar-refractivity contribution in [2.45, 2.75) is 0 Å². The van der Waals surface area contributed by atoms with Crippen LogP contribution >= 0.6 is 0 Å². The highest BCUT2D eigenvalue weighted by Crippen LogP contribution is 2.40. The molecule has 0 radical (unpaired) electrons. The van der Waals surface area contributed by atoms with Crippen LogP contribution < -0.4 is 4.90 Å². The summed E-state index contributed by atoms with van der Waals surface area (Å²) in [6, 6.07) is 22.9. The Morgan fingerprint density at radius 2 is 1.59 bits per heavy atom. The molecule has 0 amide bonds. The van der Waals surface area contributed by atoms with Crippen molar-refractivity contribution in [1.29, 1.82) is 0 Å². The Bertz CT molecular complexity index is 1240. The largest absolute Gasteiger partial charge is 0.455 e. The number of benzene rings is 3. The van der Waals surface area contributed by atoms with Crippen molar-refractivity contribution in [3.05, 3.63) is 103 Å². The number of allylic oxidation sites excluding steroid dienone is 4. The lowest BCUT2D eigenvalue weighted by molar-refractivity contribution is 0.668. The monoisotopic (exact) mass is 349 g/mol. The Morgan fingerprint density at radius 1 is 0.815 bits per heavy atom. The first-order valence-electron chi connectivity index (χ1n) is 9.04. The van der Waals surface area contributed by atoms with E-state index in [0.717, 1.165) is 44.3 Å². The van der Waals surface area contributed by atoms with Crippen LogP contribution in [0.5, 0.6) is 0 Å². The molecule has 0 spiro atoms. The molecule has 27 heavy (non-hydrogen) atoms. The van der Waals surface area contributed by atoms with Crippen molar-refractivity contribution >= 4 is 38.8 Å². The lowest BCUT2D eigenvalue weighted by Crippen LogP contribution is -2.12. The number of para-hydroxylation sites is 1. The van der Waals surface area contributed by atoms with Gasteiger partial charge in [-0.3, -0.25) is 0 Å². The van der Waals surface area contributed by atoms with Crippen molar-refractivity contribution in [3.8, 4) is 0 Å². The molecule has 0 atom stereocenters. The smallest absolute Gasteiger partial charge is 0.145 e. The molecule has 0 unspecified atom stereocenters. The van der Waals surface area contributed by atoms with E-state index in [9.17, 15) is 0 Å². The highest BCUT2D eigenvalue weighted by Gasteiger charge is 2.19. The van der Waals surface area contributed by atoms with E-state index in [2.05, 4.69) is 79.3 Å². The predicted molar refractivity (Wildman–Crippen MR) is 115 cm³/mol. The van der Waals surface area contributed by atoms with Gasteiger partial charge in [-0.15, -0.1) is 0 Å². The van der Waals surface area contributed by atoms with Crippen LogP contribution in [-0.4, -0.2) is 7.05 Å². The van der Waals surface area contributed by atoms with Crippen LogP contribution in [0.4, 0.5) is 5.69 Å². The van der Waals surface area contributed by atoms with Crippen LogP contribution in [0.1, 0.15) is 11.1 Å². The van der Waals surface area contributed by atoms with E-state index in [4.69, 9.17) is 4.42 Å². The molecular weight excluding hydrogens is 330 g/mol. The molecule has 1 aliphatic rings. The Kier molecular flexibility index (Phi) is 3.51. The van der Waals surface area contributed by atoms with Gasteiger partial charge >= 0.3 is 0 Å². The van der Waals surface area contributed by atoms with Crippen LogP contribution in [0, 0.1) is 0 Å². The summed E-state index contributed by atoms with van der Waals surface area (Å²) in [5, 5.41) is 2.26. The molecule has 2 nitrogen and oxygen atoms in total. The first-order valence-corrected chi connectivity index (χ1v) is 9.04. The second-order valence-corrected chi connectivity index (χ2v) is 6.85. The molecule has 0 saturated carbocycles. The van der Waals surface area contributed by atoms with E-state index in [1.54, 1.807) is 0 Å². The summed E-state index contributed by atoms with van der Waals surface area (Å²) in [6.45, 7) is 4.34. The molecule has 4 aromatic rings. The molecule has 0 bridgehead atoms. The Labute approximate surface area is 158 Å². The van der Waals surface area contributed by atoms with E-state index in [0.29, 0.717) is 0 Å². The third kappa shape index (κ3) is 2.49. The molecule has 1 aliphatic heterocycles. The third-order valence-electron chi connectivity index (χ3n) is 5.13. The fourth-order valence-corrected chi connectivity index (χ4v) is 3.78. The highest BCUT2D eigenvalue weighted by molar-refractivity contribution is 6.11. The summed E-state index contributed by atoms with van der Waals surface area (Å²) in [4.78, 5) is 2.15. The number of anilines is 1. The Morgan fingerprint density at radius 3 is 2.44 bits per heavy atom. The fourth-order valence-electron chi connectivity index (χ4n) is 3.78. The topological polar surface area (TPSA) is 16.4 Å². The standard InChI is InChI=1S/C25H19NO/c1-17-12-13-19(18-8-4-3-5-9-18)16-26(2)22-15-14-21-20-10-6-7-11-23(20)27-25(21)24(17)22/h3-16H,1H2,2H3/b13-12-,19-16+. The van der Waals surface area contributed by atoms with Crippen LogP contribution in [0.3, 0.4) is 0 Å². The van der Waals surface area contributed by atoms with Crippen LogP contribution in [0.25, 0.3) is 33.1 Å². The summed E-state index contributed by atoms with van der Waals surface area (Å²) in [6.07, 6.45) is 6.36. The number of hydrogen-bond acceptors (Lipinski definition) is 2. The number of nitrogens with zero attached hydrogens (tertiary/aromatic N) is 1. The second-order valence-electron chi connectivity index (χ2n) is 6.85. The Hall–Kier alpha value is -3.52. The van der Waals surface area contributed by atoms with Gasteiger partial charge in [-0.2, -0.15) is 0 Å². The first-order chi connectivity index (χ1) is 13.2. The molecule has 2 heteroatoms. The van der Waals surface area contributed by atoms with Gasteiger partial charge in [-0.05, 0) is 34.9 Å². The van der Waals surface area contributed by atoms with E-state index in [-0.39, 0.29) is 0 Å². The third-order valence-corrected chi connectivity index (χ3v) is 5.13. The molecule has 0 saturated heterocycles. The van der Waals surface area contributed by atoms with Gasteiger partial charge in [0.1, 0.15) is 11.2 Å². The minimum absolute atomic E-state index is 0.895. The van der Waals surface area contributed by atoms with Gasteiger partial charge in [-0.25, -0.2) is 0 Å². The molecule has 130 valence electrons. The zero-order valence-electron chi connectivity index (χ0n) is 15.1. The minimum atomic E-state index is 0.895. The molecule has 1 aromatic heterocycles. The quantitative estimate of drug-likeness (QED) is 0.383. The van der Waals surface area contributed by atoms with Crippen molar-refractivity contribution in [3.63, 3.8) is 0 Å². The molecule has 0 aliphatic carbocycles. The van der Waals surface area contributed by atoms with Gasteiger partial charge in [0.25, 0.3) is 0 Å². The number of hydrogen-bond donors (Lipinski definition) is 0. The molecule has 0 N–H and O–H groups in total. The predicted octanol–water partition coefficient (Wildman–Crippen LogP) is 6.65.